The van der Waals surface area contributed by atoms with E-state index in [0.717, 1.165) is 42.9 Å². The van der Waals surface area contributed by atoms with Crippen LogP contribution in [0.25, 0.3) is 0 Å². The summed E-state index contributed by atoms with van der Waals surface area (Å²) < 4.78 is 5.53. The molecule has 0 radical (unpaired) electrons. The second kappa shape index (κ2) is 8.58. The minimum Gasteiger partial charge on any atom is -0.492 e. The predicted octanol–water partition coefficient (Wildman–Crippen LogP) is 1.76. The van der Waals surface area contributed by atoms with E-state index in [1.54, 1.807) is 12.5 Å². The highest BCUT2D eigenvalue weighted by atomic mass is 16.5. The Labute approximate surface area is 148 Å². The molecule has 0 aliphatic carbocycles. The normalized spacial score (nSPS) is 17.3. The second-order valence-electron chi connectivity index (χ2n) is 6.27. The van der Waals surface area contributed by atoms with Crippen molar-refractivity contribution >= 4 is 5.91 Å². The van der Waals surface area contributed by atoms with Crippen LogP contribution in [0.15, 0.2) is 42.9 Å². The quantitative estimate of drug-likeness (QED) is 0.866. The summed E-state index contributed by atoms with van der Waals surface area (Å²) in [6.45, 7) is 2.48. The lowest BCUT2D eigenvalue weighted by molar-refractivity contribution is -0.131. The Morgan fingerprint density at radius 3 is 3.08 bits per heavy atom. The van der Waals surface area contributed by atoms with Gasteiger partial charge in [-0.2, -0.15) is 0 Å². The number of nitrogens with zero attached hydrogens (tertiary/aromatic N) is 3. The number of carbonyl (C=O) groups is 1. The largest absolute Gasteiger partial charge is 0.492 e. The molecule has 132 valence electrons. The minimum absolute atomic E-state index is 0.148. The Balaban J connectivity index is 1.61. The first-order valence-electron chi connectivity index (χ1n) is 8.72. The SMILES string of the molecule is NCCOc1cccc(CC(=O)N2CCCC(c3ccncn3)C2)c1. The number of hydrogen-bond donors (Lipinski definition) is 1. The molecular weight excluding hydrogens is 316 g/mol. The van der Waals surface area contributed by atoms with Crippen molar-refractivity contribution < 1.29 is 9.53 Å². The fourth-order valence-electron chi connectivity index (χ4n) is 3.20. The van der Waals surface area contributed by atoms with Gasteiger partial charge in [-0.1, -0.05) is 12.1 Å². The number of nitrogens with two attached hydrogens (primary N) is 1. The van der Waals surface area contributed by atoms with Crippen molar-refractivity contribution in [3.63, 3.8) is 0 Å². The van der Waals surface area contributed by atoms with Crippen molar-refractivity contribution in [2.24, 2.45) is 5.73 Å². The molecule has 6 heteroatoms. The van der Waals surface area contributed by atoms with E-state index >= 15 is 0 Å². The van der Waals surface area contributed by atoms with Crippen LogP contribution in [0, 0.1) is 0 Å². The van der Waals surface area contributed by atoms with Crippen LogP contribution in [0.5, 0.6) is 5.75 Å². The highest BCUT2D eigenvalue weighted by molar-refractivity contribution is 5.79. The summed E-state index contributed by atoms with van der Waals surface area (Å²) in [5.74, 6) is 1.20. The third-order valence-corrected chi connectivity index (χ3v) is 4.44. The van der Waals surface area contributed by atoms with Gasteiger partial charge in [0, 0.05) is 37.4 Å². The lowest BCUT2D eigenvalue weighted by Gasteiger charge is -2.32. The molecule has 1 atom stereocenters. The molecule has 3 rings (SSSR count). The van der Waals surface area contributed by atoms with Gasteiger partial charge in [0.25, 0.3) is 0 Å². The van der Waals surface area contributed by atoms with Crippen LogP contribution >= 0.6 is 0 Å². The van der Waals surface area contributed by atoms with Crippen molar-refractivity contribution in [3.8, 4) is 5.75 Å². The summed E-state index contributed by atoms with van der Waals surface area (Å²) in [4.78, 5) is 23.0. The Bertz CT molecular complexity index is 693. The summed E-state index contributed by atoms with van der Waals surface area (Å²) in [6.07, 6.45) is 5.78. The maximum atomic E-state index is 12.7. The van der Waals surface area contributed by atoms with Crippen molar-refractivity contribution in [2.75, 3.05) is 26.2 Å². The smallest absolute Gasteiger partial charge is 0.227 e. The van der Waals surface area contributed by atoms with Gasteiger partial charge in [0.15, 0.2) is 0 Å². The number of likely N-dealkylation sites (tertiary alicyclic amines) is 1. The van der Waals surface area contributed by atoms with Gasteiger partial charge in [0.1, 0.15) is 18.7 Å². The standard InChI is InChI=1S/C19H24N4O2/c20-7-10-25-17-5-1-3-15(11-17)12-19(24)23-9-2-4-16(13-23)18-6-8-21-14-22-18/h1,3,5-6,8,11,14,16H,2,4,7,9-10,12-13,20H2. The Kier molecular flexibility index (Phi) is 5.95. The average molecular weight is 340 g/mol. The zero-order valence-electron chi connectivity index (χ0n) is 14.3. The number of amides is 1. The van der Waals surface area contributed by atoms with E-state index in [2.05, 4.69) is 9.97 Å². The fourth-order valence-corrected chi connectivity index (χ4v) is 3.20. The van der Waals surface area contributed by atoms with E-state index in [1.165, 1.54) is 0 Å². The van der Waals surface area contributed by atoms with Gasteiger partial charge in [-0.15, -0.1) is 0 Å². The first-order valence-corrected chi connectivity index (χ1v) is 8.72. The summed E-state index contributed by atoms with van der Waals surface area (Å²) in [6, 6.07) is 9.61. The molecule has 25 heavy (non-hydrogen) atoms. The number of carbonyl (C=O) groups excluding carboxylic acids is 1. The van der Waals surface area contributed by atoms with Crippen LogP contribution < -0.4 is 10.5 Å². The van der Waals surface area contributed by atoms with Crippen LogP contribution in [-0.4, -0.2) is 47.0 Å². The van der Waals surface area contributed by atoms with Gasteiger partial charge in [0.2, 0.25) is 5.91 Å². The number of ether oxygens (including phenoxy) is 1. The molecule has 2 heterocycles. The molecule has 2 aromatic rings. The van der Waals surface area contributed by atoms with Crippen molar-refractivity contribution in [3.05, 3.63) is 54.1 Å². The van der Waals surface area contributed by atoms with Crippen LogP contribution in [-0.2, 0) is 11.2 Å². The van der Waals surface area contributed by atoms with E-state index in [1.807, 2.05) is 35.2 Å². The predicted molar refractivity (Wildman–Crippen MR) is 95.3 cm³/mol. The van der Waals surface area contributed by atoms with Crippen molar-refractivity contribution in [2.45, 2.75) is 25.2 Å². The van der Waals surface area contributed by atoms with Gasteiger partial charge in [-0.05, 0) is 36.6 Å². The third-order valence-electron chi connectivity index (χ3n) is 4.44. The van der Waals surface area contributed by atoms with Crippen molar-refractivity contribution in [1.29, 1.82) is 0 Å². The summed E-state index contributed by atoms with van der Waals surface area (Å²) in [5, 5.41) is 0. The highest BCUT2D eigenvalue weighted by Gasteiger charge is 2.25. The monoisotopic (exact) mass is 340 g/mol. The molecular formula is C19H24N4O2. The van der Waals surface area contributed by atoms with Gasteiger partial charge in [0.05, 0.1) is 6.42 Å². The molecule has 2 N–H and O–H groups in total. The highest BCUT2D eigenvalue weighted by Crippen LogP contribution is 2.25. The Hall–Kier alpha value is -2.47. The molecule has 1 fully saturated rings. The van der Waals surface area contributed by atoms with E-state index in [9.17, 15) is 4.79 Å². The van der Waals surface area contributed by atoms with Crippen LogP contribution in [0.4, 0.5) is 0 Å². The lowest BCUT2D eigenvalue weighted by atomic mass is 9.94. The maximum Gasteiger partial charge on any atom is 0.227 e. The fraction of sp³-hybridized carbons (Fsp3) is 0.421. The molecule has 1 aromatic heterocycles. The summed E-state index contributed by atoms with van der Waals surface area (Å²) >= 11 is 0. The van der Waals surface area contributed by atoms with Gasteiger partial charge < -0.3 is 15.4 Å². The first kappa shape index (κ1) is 17.4. The number of benzene rings is 1. The summed E-state index contributed by atoms with van der Waals surface area (Å²) in [7, 11) is 0. The first-order chi connectivity index (χ1) is 12.3. The molecule has 1 aliphatic rings. The molecule has 6 nitrogen and oxygen atoms in total. The molecule has 1 aliphatic heterocycles. The third kappa shape index (κ3) is 4.76. The van der Waals surface area contributed by atoms with Gasteiger partial charge >= 0.3 is 0 Å². The molecule has 1 aromatic carbocycles. The van der Waals surface area contributed by atoms with Gasteiger partial charge in [-0.25, -0.2) is 9.97 Å². The average Bonchev–Trinajstić information content (AvgIpc) is 2.67. The number of rotatable bonds is 6. The molecule has 0 bridgehead atoms. The van der Waals surface area contributed by atoms with Crippen molar-refractivity contribution in [1.82, 2.24) is 14.9 Å². The molecule has 1 unspecified atom stereocenters. The zero-order chi connectivity index (χ0) is 17.5. The van der Waals surface area contributed by atoms with E-state index in [4.69, 9.17) is 10.5 Å². The maximum absolute atomic E-state index is 12.7. The molecule has 1 saturated heterocycles. The van der Waals surface area contributed by atoms with Crippen LogP contribution in [0.1, 0.15) is 30.0 Å². The van der Waals surface area contributed by atoms with Gasteiger partial charge in [-0.3, -0.25) is 4.79 Å². The Morgan fingerprint density at radius 2 is 2.28 bits per heavy atom. The number of piperidine rings is 1. The lowest BCUT2D eigenvalue weighted by Crippen LogP contribution is -2.40. The second-order valence-corrected chi connectivity index (χ2v) is 6.27. The molecule has 0 saturated carbocycles. The van der Waals surface area contributed by atoms with Crippen LogP contribution in [0.3, 0.4) is 0 Å². The topological polar surface area (TPSA) is 81.3 Å². The van der Waals surface area contributed by atoms with Crippen LogP contribution in [0.2, 0.25) is 0 Å². The minimum atomic E-state index is 0.148. The number of aromatic nitrogens is 2. The summed E-state index contributed by atoms with van der Waals surface area (Å²) in [5.41, 5.74) is 7.44. The van der Waals surface area contributed by atoms with E-state index in [0.29, 0.717) is 25.5 Å². The molecule has 1 amide bonds. The number of hydrogen-bond acceptors (Lipinski definition) is 5. The molecule has 0 spiro atoms. The van der Waals surface area contributed by atoms with E-state index in [-0.39, 0.29) is 5.91 Å². The Morgan fingerprint density at radius 1 is 1.36 bits per heavy atom. The zero-order valence-corrected chi connectivity index (χ0v) is 14.3. The van der Waals surface area contributed by atoms with E-state index < -0.39 is 0 Å².